The minimum Gasteiger partial charge on any atom is -0.468 e. The molecule has 0 fully saturated rings. The number of ether oxygens (including phenoxy) is 1. The van der Waals surface area contributed by atoms with Gasteiger partial charge in [-0.15, -0.1) is 0 Å². The van der Waals surface area contributed by atoms with Crippen LogP contribution in [-0.2, 0) is 23.1 Å². The predicted octanol–water partition coefficient (Wildman–Crippen LogP) is 2.28. The Morgan fingerprint density at radius 3 is 2.50 bits per heavy atom. The number of aromatic nitrogens is 3. The van der Waals surface area contributed by atoms with Crippen molar-refractivity contribution in [3.63, 3.8) is 0 Å². The van der Waals surface area contributed by atoms with E-state index in [-0.39, 0.29) is 6.54 Å². The Morgan fingerprint density at radius 2 is 1.88 bits per heavy atom. The molecule has 0 aliphatic carbocycles. The average Bonchev–Trinajstić information content (AvgIpc) is 3.08. The number of hydrogen-bond acceptors (Lipinski definition) is 5. The lowest BCUT2D eigenvalue weighted by Crippen LogP contribution is -2.22. The minimum atomic E-state index is -0.429. The number of esters is 1. The lowest BCUT2D eigenvalue weighted by molar-refractivity contribution is -0.141. The maximum Gasteiger partial charge on any atom is 0.325 e. The first kappa shape index (κ1) is 18.1. The van der Waals surface area contributed by atoms with Crippen molar-refractivity contribution in [2.24, 2.45) is 12.0 Å². The van der Waals surface area contributed by atoms with E-state index in [1.165, 1.54) is 18.4 Å². The third-order valence-corrected chi connectivity index (χ3v) is 5.27. The number of carbonyl (C=O) groups is 2. The first-order valence-electron chi connectivity index (χ1n) is 8.07. The Bertz CT molecular complexity index is 1090. The number of hydrogen-bond donors (Lipinski definition) is 0. The smallest absolute Gasteiger partial charge is 0.325 e. The van der Waals surface area contributed by atoms with Crippen LogP contribution in [0.2, 0.25) is 0 Å². The summed E-state index contributed by atoms with van der Waals surface area (Å²) in [4.78, 5) is 29.2. The first-order chi connectivity index (χ1) is 12.3. The number of methoxy groups -OCH3 is 1. The monoisotopic (exact) mass is 372 g/mol. The van der Waals surface area contributed by atoms with E-state index in [4.69, 9.17) is 4.74 Å². The molecule has 8 heteroatoms. The van der Waals surface area contributed by atoms with E-state index >= 15 is 0 Å². The van der Waals surface area contributed by atoms with Gasteiger partial charge in [-0.2, -0.15) is 10.1 Å². The molecule has 0 bridgehead atoms. The molecule has 7 nitrogen and oxygen atoms in total. The van der Waals surface area contributed by atoms with Crippen molar-refractivity contribution in [1.29, 1.82) is 0 Å². The van der Waals surface area contributed by atoms with Crippen LogP contribution in [0, 0.1) is 20.8 Å². The second-order valence-corrected chi connectivity index (χ2v) is 7.21. The number of carbonyl (C=O) groups excluding carboxylic acids is 2. The fourth-order valence-corrected chi connectivity index (χ4v) is 3.82. The largest absolute Gasteiger partial charge is 0.468 e. The third-order valence-electron chi connectivity index (χ3n) is 4.22. The molecule has 0 unspecified atom stereocenters. The SMILES string of the molecule is COC(=O)Cn1c(=NC(=O)c2nn(C)cc2C)sc2cc(C)c(C)cc21. The van der Waals surface area contributed by atoms with Gasteiger partial charge in [0.05, 0.1) is 17.3 Å². The van der Waals surface area contributed by atoms with Crippen molar-refractivity contribution in [2.75, 3.05) is 7.11 Å². The highest BCUT2D eigenvalue weighted by Gasteiger charge is 2.16. The maximum atomic E-state index is 12.6. The number of rotatable bonds is 3. The minimum absolute atomic E-state index is 0.00762. The molecule has 2 aromatic heterocycles. The normalized spacial score (nSPS) is 12.0. The highest BCUT2D eigenvalue weighted by Crippen LogP contribution is 2.22. The van der Waals surface area contributed by atoms with E-state index < -0.39 is 11.9 Å². The molecular formula is C18H20N4O3S. The fourth-order valence-electron chi connectivity index (χ4n) is 2.71. The van der Waals surface area contributed by atoms with Gasteiger partial charge in [0.2, 0.25) is 0 Å². The van der Waals surface area contributed by atoms with Gasteiger partial charge in [0.15, 0.2) is 10.5 Å². The van der Waals surface area contributed by atoms with Crippen molar-refractivity contribution >= 4 is 33.4 Å². The molecule has 3 aromatic rings. The van der Waals surface area contributed by atoms with Crippen molar-refractivity contribution in [2.45, 2.75) is 27.3 Å². The second-order valence-electron chi connectivity index (χ2n) is 6.20. The van der Waals surface area contributed by atoms with Crippen LogP contribution in [0.15, 0.2) is 23.3 Å². The highest BCUT2D eigenvalue weighted by atomic mass is 32.1. The number of aryl methyl sites for hydroxylation is 4. The summed E-state index contributed by atoms with van der Waals surface area (Å²) >= 11 is 1.37. The number of benzene rings is 1. The zero-order valence-corrected chi connectivity index (χ0v) is 16.2. The molecule has 0 saturated heterocycles. The summed E-state index contributed by atoms with van der Waals surface area (Å²) in [5, 5.41) is 4.17. The van der Waals surface area contributed by atoms with Crippen LogP contribution in [0.25, 0.3) is 10.2 Å². The van der Waals surface area contributed by atoms with Crippen molar-refractivity contribution < 1.29 is 14.3 Å². The van der Waals surface area contributed by atoms with Crippen LogP contribution in [0.5, 0.6) is 0 Å². The van der Waals surface area contributed by atoms with Crippen LogP contribution < -0.4 is 4.80 Å². The van der Waals surface area contributed by atoms with E-state index in [2.05, 4.69) is 10.1 Å². The van der Waals surface area contributed by atoms with Gasteiger partial charge in [0, 0.05) is 18.8 Å². The zero-order chi connectivity index (χ0) is 19.0. The Balaban J connectivity index is 2.20. The molecule has 26 heavy (non-hydrogen) atoms. The highest BCUT2D eigenvalue weighted by molar-refractivity contribution is 7.16. The van der Waals surface area contributed by atoms with Gasteiger partial charge in [-0.05, 0) is 44.0 Å². The zero-order valence-electron chi connectivity index (χ0n) is 15.4. The molecule has 0 atom stereocenters. The quantitative estimate of drug-likeness (QED) is 0.661. The van der Waals surface area contributed by atoms with Gasteiger partial charge < -0.3 is 9.30 Å². The summed E-state index contributed by atoms with van der Waals surface area (Å²) in [6, 6.07) is 4.04. The molecular weight excluding hydrogens is 352 g/mol. The van der Waals surface area contributed by atoms with Crippen molar-refractivity contribution in [3.05, 3.63) is 45.5 Å². The molecule has 0 saturated carbocycles. The molecule has 1 aromatic carbocycles. The topological polar surface area (TPSA) is 78.5 Å². The lowest BCUT2D eigenvalue weighted by atomic mass is 10.1. The third kappa shape index (κ3) is 3.32. The van der Waals surface area contributed by atoms with Crippen LogP contribution in [0.3, 0.4) is 0 Å². The summed E-state index contributed by atoms with van der Waals surface area (Å²) < 4.78 is 9.05. The molecule has 0 radical (unpaired) electrons. The van der Waals surface area contributed by atoms with Gasteiger partial charge in [0.25, 0.3) is 5.91 Å². The molecule has 0 spiro atoms. The summed E-state index contributed by atoms with van der Waals surface area (Å²) in [5.74, 6) is -0.826. The standard InChI is InChI=1S/C18H20N4O3S/c1-10-6-13-14(7-11(10)2)26-18(22(13)9-15(23)25-5)19-17(24)16-12(3)8-21(4)20-16/h6-8H,9H2,1-5H3. The molecule has 0 aliphatic rings. The molecule has 0 aliphatic heterocycles. The molecule has 0 N–H and O–H groups in total. The molecule has 1 amide bonds. The van der Waals surface area contributed by atoms with Gasteiger partial charge in [0.1, 0.15) is 6.54 Å². The first-order valence-corrected chi connectivity index (χ1v) is 8.88. The van der Waals surface area contributed by atoms with Crippen LogP contribution in [0.1, 0.15) is 27.2 Å². The van der Waals surface area contributed by atoms with E-state index in [1.54, 1.807) is 22.5 Å². The summed E-state index contributed by atoms with van der Waals surface area (Å²) in [5.41, 5.74) is 4.16. The number of fused-ring (bicyclic) bond motifs is 1. The Morgan fingerprint density at radius 1 is 1.19 bits per heavy atom. The number of thiazole rings is 1. The van der Waals surface area contributed by atoms with E-state index in [0.29, 0.717) is 10.5 Å². The van der Waals surface area contributed by atoms with E-state index in [1.807, 2.05) is 32.9 Å². The number of amides is 1. The molecule has 136 valence electrons. The fraction of sp³-hybridized carbons (Fsp3) is 0.333. The average molecular weight is 372 g/mol. The molecule has 3 rings (SSSR count). The van der Waals surface area contributed by atoms with E-state index in [9.17, 15) is 9.59 Å². The summed E-state index contributed by atoms with van der Waals surface area (Å²) in [6.45, 7) is 5.84. The van der Waals surface area contributed by atoms with Crippen molar-refractivity contribution in [3.8, 4) is 0 Å². The predicted molar refractivity (Wildman–Crippen MR) is 99.1 cm³/mol. The Hall–Kier alpha value is -2.74. The number of nitrogens with zero attached hydrogens (tertiary/aromatic N) is 4. The Kier molecular flexibility index (Phi) is 4.78. The van der Waals surface area contributed by atoms with Gasteiger partial charge in [-0.25, -0.2) is 0 Å². The maximum absolute atomic E-state index is 12.6. The summed E-state index contributed by atoms with van der Waals surface area (Å²) in [6.07, 6.45) is 1.77. The van der Waals surface area contributed by atoms with Crippen LogP contribution in [-0.4, -0.2) is 33.3 Å². The van der Waals surface area contributed by atoms with Gasteiger partial charge >= 0.3 is 5.97 Å². The second kappa shape index (κ2) is 6.87. The van der Waals surface area contributed by atoms with Crippen LogP contribution >= 0.6 is 11.3 Å². The summed E-state index contributed by atoms with van der Waals surface area (Å²) in [7, 11) is 3.10. The van der Waals surface area contributed by atoms with Crippen molar-refractivity contribution in [1.82, 2.24) is 14.3 Å². The Labute approximate surface area is 154 Å². The van der Waals surface area contributed by atoms with E-state index in [0.717, 1.165) is 26.9 Å². The van der Waals surface area contributed by atoms with Crippen LogP contribution in [0.4, 0.5) is 0 Å². The van der Waals surface area contributed by atoms with Gasteiger partial charge in [-0.1, -0.05) is 11.3 Å². The molecule has 2 heterocycles. The van der Waals surface area contributed by atoms with Gasteiger partial charge in [-0.3, -0.25) is 14.3 Å². The lowest BCUT2D eigenvalue weighted by Gasteiger charge is -2.05.